The van der Waals surface area contributed by atoms with Crippen molar-refractivity contribution in [3.63, 3.8) is 0 Å². The van der Waals surface area contributed by atoms with E-state index in [0.717, 1.165) is 5.92 Å². The van der Waals surface area contributed by atoms with Crippen molar-refractivity contribution < 1.29 is 0 Å². The summed E-state index contributed by atoms with van der Waals surface area (Å²) in [5.74, 6) is 2.41. The number of anilines is 1. The number of rotatable bonds is 5. The predicted octanol–water partition coefficient (Wildman–Crippen LogP) is 8.12. The van der Waals surface area contributed by atoms with Gasteiger partial charge >= 0.3 is 0 Å². The van der Waals surface area contributed by atoms with E-state index in [4.69, 9.17) is 0 Å². The van der Waals surface area contributed by atoms with Crippen molar-refractivity contribution in [2.45, 2.75) is 91.0 Å². The van der Waals surface area contributed by atoms with E-state index >= 15 is 0 Å². The quantitative estimate of drug-likeness (QED) is 0.487. The van der Waals surface area contributed by atoms with Gasteiger partial charge in [-0.1, -0.05) is 90.1 Å². The number of piperidine rings is 2. The molecule has 1 aliphatic carbocycles. The monoisotopic (exact) mass is 403 g/mol. The first kappa shape index (κ1) is 21.5. The van der Waals surface area contributed by atoms with Crippen molar-refractivity contribution in [3.8, 4) is 0 Å². The van der Waals surface area contributed by atoms with E-state index in [1.165, 1.54) is 42.5 Å². The minimum atomic E-state index is 0.270. The third-order valence-corrected chi connectivity index (χ3v) is 8.73. The van der Waals surface area contributed by atoms with Gasteiger partial charge in [0.05, 0.1) is 0 Å². The molecule has 0 radical (unpaired) electrons. The third-order valence-electron chi connectivity index (χ3n) is 8.73. The van der Waals surface area contributed by atoms with Crippen LogP contribution < -0.4 is 4.90 Å². The highest BCUT2D eigenvalue weighted by molar-refractivity contribution is 5.65. The number of para-hydroxylation sites is 1. The lowest BCUT2D eigenvalue weighted by Gasteiger charge is -2.65. The molecule has 2 aromatic rings. The highest BCUT2D eigenvalue weighted by Gasteiger charge is 2.57. The van der Waals surface area contributed by atoms with Crippen LogP contribution in [0, 0.1) is 11.3 Å². The van der Waals surface area contributed by atoms with Gasteiger partial charge in [0.1, 0.15) is 0 Å². The number of fused-ring (bicyclic) bond motifs is 3. The number of benzene rings is 2. The molecule has 3 fully saturated rings. The van der Waals surface area contributed by atoms with Crippen LogP contribution in [0.2, 0.25) is 0 Å². The van der Waals surface area contributed by atoms with Crippen molar-refractivity contribution in [1.29, 1.82) is 0 Å². The highest BCUT2D eigenvalue weighted by atomic mass is 15.2. The van der Waals surface area contributed by atoms with Crippen LogP contribution in [0.3, 0.4) is 0 Å². The van der Waals surface area contributed by atoms with E-state index in [9.17, 15) is 0 Å². The Bertz CT molecular complexity index is 856. The maximum Gasteiger partial charge on any atom is 0.0441 e. The first-order valence-electron chi connectivity index (χ1n) is 12.1. The lowest BCUT2D eigenvalue weighted by Crippen LogP contribution is -2.66. The first-order valence-corrected chi connectivity index (χ1v) is 12.1. The summed E-state index contributed by atoms with van der Waals surface area (Å²) in [7, 11) is 0. The molecule has 2 bridgehead atoms. The summed E-state index contributed by atoms with van der Waals surface area (Å²) in [4.78, 5) is 2.88. The topological polar surface area (TPSA) is 3.24 Å². The normalized spacial score (nSPS) is 29.6. The molecule has 30 heavy (non-hydrogen) atoms. The fourth-order valence-electron chi connectivity index (χ4n) is 6.70. The lowest BCUT2D eigenvalue weighted by molar-refractivity contribution is -0.00302. The molecule has 0 N–H and O–H groups in total. The Balaban J connectivity index is 1.84. The zero-order valence-electron chi connectivity index (χ0n) is 20.2. The first-order chi connectivity index (χ1) is 14.2. The molecule has 0 spiro atoms. The van der Waals surface area contributed by atoms with Crippen LogP contribution in [-0.2, 0) is 0 Å². The molecule has 3 aliphatic rings. The van der Waals surface area contributed by atoms with Crippen LogP contribution in [0.5, 0.6) is 0 Å². The van der Waals surface area contributed by atoms with E-state index in [1.54, 1.807) is 5.69 Å². The molecule has 0 amide bonds. The maximum atomic E-state index is 2.88. The van der Waals surface area contributed by atoms with Crippen LogP contribution in [0.4, 0.5) is 5.69 Å². The molecule has 2 aliphatic heterocycles. The Labute approximate surface area is 184 Å². The van der Waals surface area contributed by atoms with Crippen LogP contribution in [0.25, 0.3) is 0 Å². The Morgan fingerprint density at radius 2 is 1.43 bits per heavy atom. The Hall–Kier alpha value is -1.76. The summed E-state index contributed by atoms with van der Waals surface area (Å²) in [5.41, 5.74) is 6.75. The molecule has 2 aromatic carbocycles. The van der Waals surface area contributed by atoms with E-state index in [1.807, 2.05) is 0 Å². The smallest absolute Gasteiger partial charge is 0.0441 e. The van der Waals surface area contributed by atoms with Crippen molar-refractivity contribution in [2.75, 3.05) is 11.4 Å². The molecule has 162 valence electrons. The Kier molecular flexibility index (Phi) is 5.54. The largest absolute Gasteiger partial charge is 0.365 e. The average Bonchev–Trinajstić information content (AvgIpc) is 2.73. The molecule has 2 saturated heterocycles. The van der Waals surface area contributed by atoms with Crippen LogP contribution >= 0.6 is 0 Å². The van der Waals surface area contributed by atoms with E-state index in [2.05, 4.69) is 102 Å². The zero-order valence-corrected chi connectivity index (χ0v) is 20.2. The molecule has 5 rings (SSSR count). The van der Waals surface area contributed by atoms with Crippen LogP contribution in [-0.4, -0.2) is 12.1 Å². The van der Waals surface area contributed by atoms with Crippen LogP contribution in [0.15, 0.2) is 48.5 Å². The van der Waals surface area contributed by atoms with Gasteiger partial charge in [0, 0.05) is 17.8 Å². The molecular weight excluding hydrogens is 362 g/mol. The fraction of sp³-hybridized carbons (Fsp3) is 0.586. The van der Waals surface area contributed by atoms with Gasteiger partial charge in [0.25, 0.3) is 0 Å². The second-order valence-electron chi connectivity index (χ2n) is 11.1. The summed E-state index contributed by atoms with van der Waals surface area (Å²) >= 11 is 0. The number of nitrogens with zero attached hydrogens (tertiary/aromatic N) is 1. The van der Waals surface area contributed by atoms with Gasteiger partial charge in [0.2, 0.25) is 0 Å². The van der Waals surface area contributed by atoms with Crippen molar-refractivity contribution >= 4 is 5.69 Å². The Morgan fingerprint density at radius 3 is 1.97 bits per heavy atom. The van der Waals surface area contributed by atoms with Gasteiger partial charge in [-0.2, -0.15) is 0 Å². The van der Waals surface area contributed by atoms with Crippen molar-refractivity contribution in [3.05, 3.63) is 65.2 Å². The summed E-state index contributed by atoms with van der Waals surface area (Å²) in [5, 5.41) is 0. The third kappa shape index (κ3) is 3.29. The second kappa shape index (κ2) is 7.74. The average molecular weight is 404 g/mol. The maximum absolute atomic E-state index is 2.88. The fourth-order valence-corrected chi connectivity index (χ4v) is 6.70. The van der Waals surface area contributed by atoms with Gasteiger partial charge in [-0.15, -0.1) is 0 Å². The van der Waals surface area contributed by atoms with E-state index in [-0.39, 0.29) is 5.54 Å². The number of hydrogen-bond acceptors (Lipinski definition) is 1. The van der Waals surface area contributed by atoms with E-state index < -0.39 is 0 Å². The molecule has 1 nitrogen and oxygen atoms in total. The highest BCUT2D eigenvalue weighted by Crippen LogP contribution is 2.61. The Morgan fingerprint density at radius 1 is 0.833 bits per heavy atom. The summed E-state index contributed by atoms with van der Waals surface area (Å²) in [6.45, 7) is 18.2. The van der Waals surface area contributed by atoms with Crippen molar-refractivity contribution in [1.82, 2.24) is 0 Å². The molecule has 4 atom stereocenters. The summed E-state index contributed by atoms with van der Waals surface area (Å²) in [6, 6.07) is 18.3. The van der Waals surface area contributed by atoms with Gasteiger partial charge in [-0.3, -0.25) is 0 Å². The summed E-state index contributed by atoms with van der Waals surface area (Å²) in [6.07, 6.45) is 3.95. The minimum absolute atomic E-state index is 0.270. The summed E-state index contributed by atoms with van der Waals surface area (Å²) < 4.78 is 0. The van der Waals surface area contributed by atoms with E-state index in [0.29, 0.717) is 23.2 Å². The molecule has 0 unspecified atom stereocenters. The molecular formula is C29H41N. The van der Waals surface area contributed by atoms with Gasteiger partial charge in [-0.05, 0) is 72.0 Å². The standard InChI is InChI=1S/C29H41N/c1-20(2)25-14-11-15-26(21(3)4)27(25)30-19-29(17-16-28(30,7)18-22(29)5)23(6)24-12-9-8-10-13-24/h8-15,20-23H,16-19H2,1-7H3/t22-,23-,28-,29+/m0/s1. The second-order valence-corrected chi connectivity index (χ2v) is 11.1. The van der Waals surface area contributed by atoms with Crippen molar-refractivity contribution in [2.24, 2.45) is 11.3 Å². The van der Waals surface area contributed by atoms with Gasteiger partial charge < -0.3 is 4.90 Å². The molecule has 2 heterocycles. The SMILES string of the molecule is CC(C)c1cccc(C(C)C)c1N1C[C@]2([C@@H](C)c3ccccc3)CC[C@@]1(C)C[C@@H]2C. The molecule has 1 heteroatoms. The van der Waals surface area contributed by atoms with Gasteiger partial charge in [-0.25, -0.2) is 0 Å². The van der Waals surface area contributed by atoms with Crippen LogP contribution in [0.1, 0.15) is 102 Å². The molecule has 0 aromatic heterocycles. The number of hydrogen-bond donors (Lipinski definition) is 0. The van der Waals surface area contributed by atoms with Gasteiger partial charge in [0.15, 0.2) is 0 Å². The minimum Gasteiger partial charge on any atom is -0.365 e. The predicted molar refractivity (Wildman–Crippen MR) is 131 cm³/mol. The molecule has 1 saturated carbocycles. The zero-order chi connectivity index (χ0) is 21.7. The lowest BCUT2D eigenvalue weighted by atomic mass is 9.51.